The highest BCUT2D eigenvalue weighted by atomic mass is 16.2. The fraction of sp³-hybridized carbons (Fsp3) is 0.348. The van der Waals surface area contributed by atoms with Gasteiger partial charge in [-0.25, -0.2) is 4.79 Å². The summed E-state index contributed by atoms with van der Waals surface area (Å²) in [5, 5.41) is 8.45. The number of nitrogens with zero attached hydrogens (tertiary/aromatic N) is 1. The van der Waals surface area contributed by atoms with Crippen LogP contribution in [0, 0.1) is 0 Å². The lowest BCUT2D eigenvalue weighted by molar-refractivity contribution is -0.117. The summed E-state index contributed by atoms with van der Waals surface area (Å²) in [6, 6.07) is 14.7. The van der Waals surface area contributed by atoms with E-state index in [0.29, 0.717) is 25.1 Å². The minimum Gasteiger partial charge on any atom is -0.348 e. The summed E-state index contributed by atoms with van der Waals surface area (Å²) < 4.78 is 0. The van der Waals surface area contributed by atoms with Crippen molar-refractivity contribution in [2.75, 3.05) is 11.4 Å². The van der Waals surface area contributed by atoms with Gasteiger partial charge in [-0.15, -0.1) is 0 Å². The molecular weight excluding hydrogens is 380 g/mol. The Balaban J connectivity index is 1.47. The molecule has 3 N–H and O–H groups in total. The van der Waals surface area contributed by atoms with Gasteiger partial charge in [-0.1, -0.05) is 24.3 Å². The molecule has 1 heterocycles. The minimum atomic E-state index is -0.216. The molecule has 3 rings (SSSR count). The zero-order valence-corrected chi connectivity index (χ0v) is 17.4. The van der Waals surface area contributed by atoms with Gasteiger partial charge in [0.05, 0.1) is 0 Å². The lowest BCUT2D eigenvalue weighted by atomic mass is 10.1. The summed E-state index contributed by atoms with van der Waals surface area (Å²) in [5.74, 6) is 0.00103. The van der Waals surface area contributed by atoms with Gasteiger partial charge in [0.2, 0.25) is 5.91 Å². The average Bonchev–Trinajstić information content (AvgIpc) is 3.16. The fourth-order valence-electron chi connectivity index (χ4n) is 3.27. The first kappa shape index (κ1) is 21.4. The van der Waals surface area contributed by atoms with Crippen molar-refractivity contribution >= 4 is 23.5 Å². The lowest BCUT2D eigenvalue weighted by Crippen LogP contribution is -2.39. The van der Waals surface area contributed by atoms with E-state index in [4.69, 9.17) is 0 Å². The van der Waals surface area contributed by atoms with Crippen LogP contribution in [0.25, 0.3) is 0 Å². The highest BCUT2D eigenvalue weighted by Gasteiger charge is 2.21. The molecule has 1 aliphatic rings. The van der Waals surface area contributed by atoms with Crippen LogP contribution in [0.15, 0.2) is 48.5 Å². The molecular formula is C23H28N4O3. The number of rotatable bonds is 7. The third kappa shape index (κ3) is 5.83. The highest BCUT2D eigenvalue weighted by Crippen LogP contribution is 2.21. The molecule has 2 aromatic carbocycles. The Hall–Kier alpha value is -3.35. The van der Waals surface area contributed by atoms with Crippen LogP contribution < -0.4 is 20.9 Å². The van der Waals surface area contributed by atoms with Crippen molar-refractivity contribution in [3.05, 3.63) is 65.2 Å². The van der Waals surface area contributed by atoms with Gasteiger partial charge in [0.25, 0.3) is 5.91 Å². The smallest absolute Gasteiger partial charge is 0.315 e. The Morgan fingerprint density at radius 2 is 1.53 bits per heavy atom. The first-order chi connectivity index (χ1) is 14.4. The van der Waals surface area contributed by atoms with Crippen LogP contribution in [0.4, 0.5) is 10.5 Å². The summed E-state index contributed by atoms with van der Waals surface area (Å²) >= 11 is 0. The number of hydrogen-bond donors (Lipinski definition) is 3. The summed E-state index contributed by atoms with van der Waals surface area (Å²) in [5.41, 5.74) is 3.34. The van der Waals surface area contributed by atoms with Crippen LogP contribution in [0.3, 0.4) is 0 Å². The Morgan fingerprint density at radius 3 is 2.10 bits per heavy atom. The van der Waals surface area contributed by atoms with E-state index >= 15 is 0 Å². The number of benzene rings is 2. The van der Waals surface area contributed by atoms with Gasteiger partial charge >= 0.3 is 6.03 Å². The van der Waals surface area contributed by atoms with Crippen molar-refractivity contribution < 1.29 is 14.4 Å². The molecule has 1 aliphatic heterocycles. The van der Waals surface area contributed by atoms with E-state index < -0.39 is 0 Å². The van der Waals surface area contributed by atoms with Crippen LogP contribution in [0.2, 0.25) is 0 Å². The molecule has 0 radical (unpaired) electrons. The van der Waals surface area contributed by atoms with E-state index in [1.54, 1.807) is 17.0 Å². The fourth-order valence-corrected chi connectivity index (χ4v) is 3.27. The second-order valence-electron chi connectivity index (χ2n) is 7.68. The Kier molecular flexibility index (Phi) is 7.06. The van der Waals surface area contributed by atoms with Gasteiger partial charge in [-0.05, 0) is 55.7 Å². The quantitative estimate of drug-likeness (QED) is 0.658. The predicted octanol–water partition coefficient (Wildman–Crippen LogP) is 2.95. The molecule has 1 saturated heterocycles. The molecule has 0 atom stereocenters. The second-order valence-corrected chi connectivity index (χ2v) is 7.68. The zero-order valence-electron chi connectivity index (χ0n) is 17.4. The Morgan fingerprint density at radius 1 is 0.933 bits per heavy atom. The van der Waals surface area contributed by atoms with Crippen LogP contribution in [-0.4, -0.2) is 30.4 Å². The van der Waals surface area contributed by atoms with E-state index in [2.05, 4.69) is 16.0 Å². The maximum absolute atomic E-state index is 12.4. The van der Waals surface area contributed by atoms with Gasteiger partial charge < -0.3 is 20.9 Å². The van der Waals surface area contributed by atoms with E-state index in [0.717, 1.165) is 29.8 Å². The van der Waals surface area contributed by atoms with E-state index in [1.165, 1.54) is 0 Å². The number of amides is 4. The summed E-state index contributed by atoms with van der Waals surface area (Å²) in [7, 11) is 0. The molecule has 0 saturated carbocycles. The highest BCUT2D eigenvalue weighted by molar-refractivity contribution is 5.95. The maximum atomic E-state index is 12.4. The number of hydrogen-bond acceptors (Lipinski definition) is 3. The molecule has 158 valence electrons. The molecule has 0 bridgehead atoms. The van der Waals surface area contributed by atoms with Crippen LogP contribution in [0.5, 0.6) is 0 Å². The third-order valence-corrected chi connectivity index (χ3v) is 4.86. The minimum absolute atomic E-state index is 0.0787. The normalized spacial score (nSPS) is 13.4. The van der Waals surface area contributed by atoms with Gasteiger partial charge in [0.1, 0.15) is 0 Å². The zero-order chi connectivity index (χ0) is 21.5. The van der Waals surface area contributed by atoms with Crippen molar-refractivity contribution in [1.29, 1.82) is 0 Å². The average molecular weight is 409 g/mol. The lowest BCUT2D eigenvalue weighted by Gasteiger charge is -2.16. The van der Waals surface area contributed by atoms with Gasteiger partial charge in [0.15, 0.2) is 0 Å². The van der Waals surface area contributed by atoms with Crippen molar-refractivity contribution in [3.63, 3.8) is 0 Å². The van der Waals surface area contributed by atoms with E-state index in [1.807, 2.05) is 50.2 Å². The number of carbonyl (C=O) groups is 3. The summed E-state index contributed by atoms with van der Waals surface area (Å²) in [6.45, 7) is 5.37. The second kappa shape index (κ2) is 9.91. The molecule has 7 heteroatoms. The summed E-state index contributed by atoms with van der Waals surface area (Å²) in [4.78, 5) is 37.6. The van der Waals surface area contributed by atoms with Gasteiger partial charge in [-0.3, -0.25) is 9.59 Å². The van der Waals surface area contributed by atoms with Crippen molar-refractivity contribution in [2.45, 2.75) is 45.8 Å². The number of anilines is 1. The molecule has 7 nitrogen and oxygen atoms in total. The molecule has 1 fully saturated rings. The van der Waals surface area contributed by atoms with Crippen LogP contribution in [-0.2, 0) is 17.9 Å². The van der Waals surface area contributed by atoms with Crippen LogP contribution >= 0.6 is 0 Å². The third-order valence-electron chi connectivity index (χ3n) is 4.86. The number of nitrogens with one attached hydrogen (secondary N) is 3. The first-order valence-electron chi connectivity index (χ1n) is 10.2. The Bertz CT molecular complexity index is 892. The monoisotopic (exact) mass is 408 g/mol. The maximum Gasteiger partial charge on any atom is 0.315 e. The number of carbonyl (C=O) groups excluding carboxylic acids is 3. The van der Waals surface area contributed by atoms with Crippen molar-refractivity contribution in [1.82, 2.24) is 16.0 Å². The van der Waals surface area contributed by atoms with E-state index in [-0.39, 0.29) is 23.9 Å². The number of urea groups is 1. The molecule has 4 amide bonds. The van der Waals surface area contributed by atoms with Gasteiger partial charge in [-0.2, -0.15) is 0 Å². The standard InChI is InChI=1S/C23H28N4O3/c1-16(2)26-23(30)25-15-17-5-9-19(10-6-17)22(29)24-14-18-7-11-20(12-8-18)27-13-3-4-21(27)28/h5-12,16H,3-4,13-15H2,1-2H3,(H,24,29)(H2,25,26,30). The molecule has 0 aliphatic carbocycles. The molecule has 0 spiro atoms. The largest absolute Gasteiger partial charge is 0.348 e. The molecule has 30 heavy (non-hydrogen) atoms. The van der Waals surface area contributed by atoms with Crippen molar-refractivity contribution in [2.24, 2.45) is 0 Å². The van der Waals surface area contributed by atoms with E-state index in [9.17, 15) is 14.4 Å². The Labute approximate surface area is 176 Å². The SMILES string of the molecule is CC(C)NC(=O)NCc1ccc(C(=O)NCc2ccc(N3CCCC3=O)cc2)cc1. The molecule has 0 unspecified atom stereocenters. The van der Waals surface area contributed by atoms with Crippen LogP contribution in [0.1, 0.15) is 48.2 Å². The molecule has 0 aromatic heterocycles. The molecule has 2 aromatic rings. The van der Waals surface area contributed by atoms with Gasteiger partial charge in [0, 0.05) is 43.3 Å². The van der Waals surface area contributed by atoms with Crippen molar-refractivity contribution in [3.8, 4) is 0 Å². The summed E-state index contributed by atoms with van der Waals surface area (Å²) in [6.07, 6.45) is 1.51. The topological polar surface area (TPSA) is 90.5 Å². The first-order valence-corrected chi connectivity index (χ1v) is 10.2. The predicted molar refractivity (Wildman–Crippen MR) is 116 cm³/mol.